The van der Waals surface area contributed by atoms with Gasteiger partial charge < -0.3 is 8.83 Å². The zero-order valence-corrected chi connectivity index (χ0v) is 68.9. The maximum absolute atomic E-state index is 6.61. The Balaban J connectivity index is 0.000000132. The summed E-state index contributed by atoms with van der Waals surface area (Å²) in [6.07, 6.45) is 20.8. The van der Waals surface area contributed by atoms with E-state index in [-0.39, 0.29) is 11.8 Å². The SMILES string of the molecule is C1=CC2=CC=C(c3cnc4c(ccc5ccc(-c6ccccc6)nc54)c3)C3=CC=C4C=C(c5cccc(-c6nc7ccccc7c7c6ccc6c8ccccc8oc67)c5)C=C1C4C23.c1ccc(-c2ccc3ccc4ccc(-c5ccc6c7ccc(-c8cccc(-c9nc%10ccccc%10c%10c9ccc9c%11ccccc%11oc9%10)c8)cc7c7ccccc7c6c5)nc4c3n2)cc1. The quantitative estimate of drug-likeness (QED) is 0.139. The Morgan fingerprint density at radius 1 is 0.234 bits per heavy atom. The number of aromatic nitrogens is 6. The molecule has 0 saturated heterocycles. The summed E-state index contributed by atoms with van der Waals surface area (Å²) in [6.45, 7) is 0. The third-order valence-electron chi connectivity index (χ3n) is 27.0. The van der Waals surface area contributed by atoms with Crippen LogP contribution in [0.4, 0.5) is 0 Å². The van der Waals surface area contributed by atoms with Gasteiger partial charge in [0.05, 0.1) is 61.6 Å². The molecule has 0 spiro atoms. The number of hydrogen-bond acceptors (Lipinski definition) is 8. The lowest BCUT2D eigenvalue weighted by atomic mass is 9.62. The van der Waals surface area contributed by atoms with E-state index >= 15 is 0 Å². The van der Waals surface area contributed by atoms with E-state index in [0.717, 1.165) is 204 Å². The number of fused-ring (bicyclic) bond motifs is 26. The molecule has 8 aromatic heterocycles. The van der Waals surface area contributed by atoms with Crippen LogP contribution in [-0.2, 0) is 0 Å². The van der Waals surface area contributed by atoms with Crippen LogP contribution in [0, 0.1) is 11.8 Å². The summed E-state index contributed by atoms with van der Waals surface area (Å²) < 4.78 is 13.2. The van der Waals surface area contributed by atoms with E-state index in [9.17, 15) is 0 Å². The van der Waals surface area contributed by atoms with Crippen LogP contribution in [0.5, 0.6) is 0 Å². The van der Waals surface area contributed by atoms with Gasteiger partial charge in [-0.15, -0.1) is 0 Å². The molecule has 4 aliphatic carbocycles. The zero-order valence-electron chi connectivity index (χ0n) is 68.9. The Hall–Kier alpha value is -16.9. The van der Waals surface area contributed by atoms with E-state index in [0.29, 0.717) is 0 Å². The molecular formula is C120H70N6O2. The second-order valence-corrected chi connectivity index (χ2v) is 34.1. The third-order valence-corrected chi connectivity index (χ3v) is 27.0. The molecule has 0 saturated carbocycles. The third kappa shape index (κ3) is 11.3. The van der Waals surface area contributed by atoms with Crippen molar-refractivity contribution in [1.82, 2.24) is 29.9 Å². The smallest absolute Gasteiger partial charge is 0.144 e. The summed E-state index contributed by atoms with van der Waals surface area (Å²) in [5, 5.41) is 22.7. The van der Waals surface area contributed by atoms with Crippen LogP contribution in [0.2, 0.25) is 0 Å². The minimum absolute atomic E-state index is 0.232. The average molecular weight is 1630 g/mol. The molecule has 8 heteroatoms. The number of rotatable bonds is 8. The van der Waals surface area contributed by atoms with Crippen molar-refractivity contribution < 1.29 is 8.83 Å². The van der Waals surface area contributed by atoms with Gasteiger partial charge in [0.2, 0.25) is 0 Å². The molecule has 2 atom stereocenters. The van der Waals surface area contributed by atoms with Crippen molar-refractivity contribution in [2.45, 2.75) is 0 Å². The molecule has 8 nitrogen and oxygen atoms in total. The second kappa shape index (κ2) is 28.3. The molecule has 592 valence electrons. The fourth-order valence-corrected chi connectivity index (χ4v) is 21.0. The van der Waals surface area contributed by atoms with E-state index in [1.54, 1.807) is 0 Å². The topological polar surface area (TPSA) is 104 Å². The van der Waals surface area contributed by atoms with Crippen LogP contribution in [0.15, 0.2) is 444 Å². The molecule has 0 N–H and O–H groups in total. The predicted octanol–water partition coefficient (Wildman–Crippen LogP) is 31.2. The van der Waals surface area contributed by atoms with Crippen molar-refractivity contribution in [3.8, 4) is 67.4 Å². The van der Waals surface area contributed by atoms with Gasteiger partial charge in [-0.1, -0.05) is 322 Å². The fourth-order valence-electron chi connectivity index (χ4n) is 21.0. The van der Waals surface area contributed by atoms with E-state index in [1.165, 1.54) is 71.3 Å². The lowest BCUT2D eigenvalue weighted by Crippen LogP contribution is -2.29. The lowest BCUT2D eigenvalue weighted by Gasteiger charge is -2.41. The highest BCUT2D eigenvalue weighted by molar-refractivity contribution is 6.29. The standard InChI is InChI=1S/C61H35N3O.C59H35N3O/c1-2-11-36(12-3-1)53-31-25-37-21-22-38-26-32-54(63-60(38)59(37)62-53)41-24-28-46-45-27-23-40(34-51(45)43-15-4-5-16-44(43)52(46)35-41)39-13-10-14-42(33-39)58-50-30-29-48-47-17-7-9-20-56(47)65-61(48)57(50)49-18-6-8-19-55(49)64-58;1-2-9-34(10-3-1)50-28-23-36-18-20-41-32-43(33-60-57(41)58(36)61-50)44-24-21-35-17-19-38-30-42(31-39-22-25-46(44)54(35)53(38)39)37-11-8-12-40(29-37)56-49-27-26-47-45-13-5-7-16-52(45)63-59(47)55(49)48-14-4-6-15-51(48)62-56/h1-35H;1-33,53-54H. The molecule has 0 radical (unpaired) electrons. The van der Waals surface area contributed by atoms with Gasteiger partial charge in [-0.05, 0) is 167 Å². The maximum atomic E-state index is 6.61. The monoisotopic (exact) mass is 1630 g/mol. The Bertz CT molecular complexity index is 9260. The minimum atomic E-state index is 0.232. The van der Waals surface area contributed by atoms with E-state index in [4.69, 9.17) is 38.7 Å². The number of hydrogen-bond donors (Lipinski definition) is 0. The fraction of sp³-hybridized carbons (Fsp3) is 0.0167. The number of para-hydroxylation sites is 4. The predicted molar refractivity (Wildman–Crippen MR) is 530 cm³/mol. The van der Waals surface area contributed by atoms with E-state index in [1.807, 2.05) is 36.5 Å². The number of benzene rings is 16. The number of furan rings is 2. The molecule has 2 unspecified atom stereocenters. The van der Waals surface area contributed by atoms with Gasteiger partial charge in [0, 0.05) is 127 Å². The molecule has 4 aliphatic rings. The van der Waals surface area contributed by atoms with Gasteiger partial charge in [-0.25, -0.2) is 24.9 Å². The summed E-state index contributed by atoms with van der Waals surface area (Å²) in [4.78, 5) is 31.3. The first kappa shape index (κ1) is 71.6. The molecule has 28 rings (SSSR count). The highest BCUT2D eigenvalue weighted by Gasteiger charge is 2.40. The van der Waals surface area contributed by atoms with Crippen molar-refractivity contribution in [2.24, 2.45) is 11.8 Å². The Labute approximate surface area is 733 Å². The molecule has 0 fully saturated rings. The number of allylic oxidation sites excluding steroid dienone is 14. The summed E-state index contributed by atoms with van der Waals surface area (Å²) in [6, 6.07) is 127. The Morgan fingerprint density at radius 3 is 1.26 bits per heavy atom. The first-order valence-electron chi connectivity index (χ1n) is 43.7. The van der Waals surface area contributed by atoms with Crippen molar-refractivity contribution in [3.63, 3.8) is 0 Å². The van der Waals surface area contributed by atoms with Gasteiger partial charge >= 0.3 is 0 Å². The van der Waals surface area contributed by atoms with Crippen molar-refractivity contribution >= 4 is 174 Å². The van der Waals surface area contributed by atoms with Crippen molar-refractivity contribution in [1.29, 1.82) is 0 Å². The highest BCUT2D eigenvalue weighted by Crippen LogP contribution is 2.55. The normalized spacial score (nSPS) is 14.8. The lowest BCUT2D eigenvalue weighted by molar-refractivity contribution is 0.568. The second-order valence-electron chi connectivity index (χ2n) is 34.1. The van der Waals surface area contributed by atoms with Crippen LogP contribution in [0.3, 0.4) is 0 Å². The van der Waals surface area contributed by atoms with Crippen LogP contribution >= 0.6 is 0 Å². The molecule has 24 aromatic rings. The largest absolute Gasteiger partial charge is 0.455 e. The molecule has 0 aliphatic heterocycles. The summed E-state index contributed by atoms with van der Waals surface area (Å²) in [7, 11) is 0. The molecule has 0 bridgehead atoms. The summed E-state index contributed by atoms with van der Waals surface area (Å²) in [5.74, 6) is 0.475. The van der Waals surface area contributed by atoms with E-state index < -0.39 is 0 Å². The molecule has 0 amide bonds. The molecule has 16 aromatic carbocycles. The average Bonchev–Trinajstić information content (AvgIpc) is 0.847. The van der Waals surface area contributed by atoms with Gasteiger partial charge in [0.1, 0.15) is 22.3 Å². The number of nitrogens with zero attached hydrogens (tertiary/aromatic N) is 6. The van der Waals surface area contributed by atoms with Crippen molar-refractivity contribution in [2.75, 3.05) is 0 Å². The molecular weight excluding hydrogens is 1560 g/mol. The summed E-state index contributed by atoms with van der Waals surface area (Å²) in [5.41, 5.74) is 31.7. The van der Waals surface area contributed by atoms with Gasteiger partial charge in [-0.3, -0.25) is 4.98 Å². The van der Waals surface area contributed by atoms with Crippen LogP contribution < -0.4 is 0 Å². The maximum Gasteiger partial charge on any atom is 0.144 e. The molecule has 8 heterocycles. The number of pyridine rings is 6. The molecule has 128 heavy (non-hydrogen) atoms. The summed E-state index contributed by atoms with van der Waals surface area (Å²) >= 11 is 0. The van der Waals surface area contributed by atoms with E-state index in [2.05, 4.69) is 376 Å². The van der Waals surface area contributed by atoms with Gasteiger partial charge in [0.15, 0.2) is 0 Å². The Morgan fingerprint density at radius 2 is 0.664 bits per heavy atom. The first-order chi connectivity index (χ1) is 63.4. The van der Waals surface area contributed by atoms with Crippen molar-refractivity contribution in [3.05, 3.63) is 446 Å². The Kier molecular flexibility index (Phi) is 15.8. The highest BCUT2D eigenvalue weighted by atomic mass is 16.3. The van der Waals surface area contributed by atoms with Crippen LogP contribution in [-0.4, -0.2) is 29.9 Å². The van der Waals surface area contributed by atoms with Crippen LogP contribution in [0.25, 0.3) is 242 Å². The minimum Gasteiger partial charge on any atom is -0.455 e. The zero-order chi connectivity index (χ0) is 83.8. The van der Waals surface area contributed by atoms with Gasteiger partial charge in [-0.2, -0.15) is 0 Å². The van der Waals surface area contributed by atoms with Gasteiger partial charge in [0.25, 0.3) is 0 Å². The first-order valence-corrected chi connectivity index (χ1v) is 43.7. The van der Waals surface area contributed by atoms with Crippen LogP contribution in [0.1, 0.15) is 11.1 Å².